The highest BCUT2D eigenvalue weighted by molar-refractivity contribution is 4.96. The lowest BCUT2D eigenvalue weighted by atomic mass is 9.87. The maximum Gasteiger partial charge on any atom is 0.0540 e. The first-order chi connectivity index (χ1) is 8.72. The minimum Gasteiger partial charge on any atom is -0.393 e. The van der Waals surface area contributed by atoms with Crippen LogP contribution in [0, 0.1) is 5.92 Å². The lowest BCUT2D eigenvalue weighted by molar-refractivity contribution is 0.107. The summed E-state index contributed by atoms with van der Waals surface area (Å²) < 4.78 is 0. The molecule has 2 N–H and O–H groups in total. The Morgan fingerprint density at radius 3 is 2.50 bits per heavy atom. The van der Waals surface area contributed by atoms with E-state index < -0.39 is 0 Å². The van der Waals surface area contributed by atoms with E-state index in [0.29, 0.717) is 6.04 Å². The lowest BCUT2D eigenvalue weighted by Crippen LogP contribution is -2.37. The van der Waals surface area contributed by atoms with Crippen molar-refractivity contribution in [2.45, 2.75) is 76.1 Å². The molecule has 0 aromatic carbocycles. The summed E-state index contributed by atoms with van der Waals surface area (Å²) in [5.74, 6) is 0.804. The van der Waals surface area contributed by atoms with E-state index >= 15 is 0 Å². The van der Waals surface area contributed by atoms with E-state index in [1.165, 1.54) is 45.2 Å². The SMILES string of the molecule is CC1CC(NCC2CCC(O)CC2)CN1C1CC1. The molecule has 1 heterocycles. The fourth-order valence-corrected chi connectivity index (χ4v) is 3.80. The Morgan fingerprint density at radius 2 is 1.83 bits per heavy atom. The summed E-state index contributed by atoms with van der Waals surface area (Å²) in [4.78, 5) is 2.71. The zero-order chi connectivity index (χ0) is 12.5. The summed E-state index contributed by atoms with van der Waals surface area (Å²) in [6.07, 6.45) is 8.62. The van der Waals surface area contributed by atoms with E-state index in [0.717, 1.165) is 30.8 Å². The van der Waals surface area contributed by atoms with Gasteiger partial charge in [0.25, 0.3) is 0 Å². The Kier molecular flexibility index (Phi) is 3.92. The molecule has 3 nitrogen and oxygen atoms in total. The fourth-order valence-electron chi connectivity index (χ4n) is 3.80. The van der Waals surface area contributed by atoms with Crippen LogP contribution in [0.2, 0.25) is 0 Å². The topological polar surface area (TPSA) is 35.5 Å². The molecule has 104 valence electrons. The van der Waals surface area contributed by atoms with E-state index in [9.17, 15) is 5.11 Å². The van der Waals surface area contributed by atoms with Crippen molar-refractivity contribution in [3.63, 3.8) is 0 Å². The highest BCUT2D eigenvalue weighted by Crippen LogP contribution is 2.33. The Balaban J connectivity index is 1.38. The maximum atomic E-state index is 9.52. The first kappa shape index (κ1) is 12.9. The third-order valence-electron chi connectivity index (χ3n) is 5.15. The molecule has 1 aliphatic heterocycles. The summed E-state index contributed by atoms with van der Waals surface area (Å²) in [6.45, 7) is 4.82. The molecule has 0 amide bonds. The van der Waals surface area contributed by atoms with Crippen LogP contribution in [0.4, 0.5) is 0 Å². The molecule has 3 fully saturated rings. The largest absolute Gasteiger partial charge is 0.393 e. The smallest absolute Gasteiger partial charge is 0.0540 e. The second kappa shape index (κ2) is 5.48. The fraction of sp³-hybridized carbons (Fsp3) is 1.00. The van der Waals surface area contributed by atoms with Crippen LogP contribution in [0.1, 0.15) is 51.9 Å². The Bertz CT molecular complexity index is 272. The van der Waals surface area contributed by atoms with Crippen molar-refractivity contribution in [1.82, 2.24) is 10.2 Å². The highest BCUT2D eigenvalue weighted by Gasteiger charge is 2.38. The Morgan fingerprint density at radius 1 is 1.11 bits per heavy atom. The minimum atomic E-state index is -0.0156. The van der Waals surface area contributed by atoms with Crippen molar-refractivity contribution in [3.05, 3.63) is 0 Å². The standard InChI is InChI=1S/C15H28N2O/c1-11-8-13(10-17(11)14-4-5-14)16-9-12-2-6-15(18)7-3-12/h11-16,18H,2-10H2,1H3. The lowest BCUT2D eigenvalue weighted by Gasteiger charge is -2.27. The van der Waals surface area contributed by atoms with Crippen molar-refractivity contribution in [2.24, 2.45) is 5.92 Å². The molecule has 18 heavy (non-hydrogen) atoms. The van der Waals surface area contributed by atoms with Gasteiger partial charge in [-0.3, -0.25) is 4.90 Å². The summed E-state index contributed by atoms with van der Waals surface area (Å²) in [5, 5.41) is 13.3. The molecule has 1 saturated heterocycles. The normalized spacial score (nSPS) is 42.3. The average Bonchev–Trinajstić information content (AvgIpc) is 3.13. The molecule has 0 aromatic rings. The predicted molar refractivity (Wildman–Crippen MR) is 73.6 cm³/mol. The number of nitrogens with zero attached hydrogens (tertiary/aromatic N) is 1. The van der Waals surface area contributed by atoms with Crippen LogP contribution >= 0.6 is 0 Å². The van der Waals surface area contributed by atoms with E-state index in [1.807, 2.05) is 0 Å². The summed E-state index contributed by atoms with van der Waals surface area (Å²) in [7, 11) is 0. The number of hydrogen-bond acceptors (Lipinski definition) is 3. The molecule has 0 radical (unpaired) electrons. The van der Waals surface area contributed by atoms with Crippen LogP contribution in [-0.4, -0.2) is 47.3 Å². The van der Waals surface area contributed by atoms with Crippen molar-refractivity contribution in [1.29, 1.82) is 0 Å². The van der Waals surface area contributed by atoms with Crippen LogP contribution in [-0.2, 0) is 0 Å². The minimum absolute atomic E-state index is 0.0156. The molecule has 2 aliphatic carbocycles. The molecule has 2 atom stereocenters. The second-order valence-electron chi connectivity index (χ2n) is 6.79. The molecule has 3 rings (SSSR count). The third kappa shape index (κ3) is 3.06. The number of likely N-dealkylation sites (tertiary alicyclic amines) is 1. The van der Waals surface area contributed by atoms with Crippen molar-refractivity contribution < 1.29 is 5.11 Å². The van der Waals surface area contributed by atoms with Gasteiger partial charge in [0.05, 0.1) is 6.10 Å². The van der Waals surface area contributed by atoms with Gasteiger partial charge in [-0.15, -0.1) is 0 Å². The summed E-state index contributed by atoms with van der Waals surface area (Å²) in [5.41, 5.74) is 0. The van der Waals surface area contributed by atoms with Gasteiger partial charge < -0.3 is 10.4 Å². The van der Waals surface area contributed by atoms with Gasteiger partial charge in [0.15, 0.2) is 0 Å². The van der Waals surface area contributed by atoms with Gasteiger partial charge in [0.2, 0.25) is 0 Å². The van der Waals surface area contributed by atoms with Gasteiger partial charge in [-0.05, 0) is 64.3 Å². The van der Waals surface area contributed by atoms with E-state index in [1.54, 1.807) is 0 Å². The highest BCUT2D eigenvalue weighted by atomic mass is 16.3. The number of rotatable bonds is 4. The van der Waals surface area contributed by atoms with Crippen LogP contribution in [0.25, 0.3) is 0 Å². The van der Waals surface area contributed by atoms with Crippen LogP contribution < -0.4 is 5.32 Å². The quantitative estimate of drug-likeness (QED) is 0.800. The molecule has 3 aliphatic rings. The summed E-state index contributed by atoms with van der Waals surface area (Å²) in [6, 6.07) is 2.41. The number of hydrogen-bond donors (Lipinski definition) is 2. The van der Waals surface area contributed by atoms with Crippen LogP contribution in [0.5, 0.6) is 0 Å². The Hall–Kier alpha value is -0.120. The monoisotopic (exact) mass is 252 g/mol. The van der Waals surface area contributed by atoms with Crippen LogP contribution in [0.15, 0.2) is 0 Å². The molecule has 2 saturated carbocycles. The summed E-state index contributed by atoms with van der Waals surface area (Å²) >= 11 is 0. The van der Waals surface area contributed by atoms with E-state index in [4.69, 9.17) is 0 Å². The molecule has 0 spiro atoms. The molecule has 2 unspecified atom stereocenters. The molecular weight excluding hydrogens is 224 g/mol. The second-order valence-corrected chi connectivity index (χ2v) is 6.79. The van der Waals surface area contributed by atoms with Crippen molar-refractivity contribution in [2.75, 3.05) is 13.1 Å². The van der Waals surface area contributed by atoms with Gasteiger partial charge in [0.1, 0.15) is 0 Å². The van der Waals surface area contributed by atoms with Gasteiger partial charge in [-0.2, -0.15) is 0 Å². The Labute approximate surface area is 111 Å². The first-order valence-corrected chi connectivity index (χ1v) is 7.89. The van der Waals surface area contributed by atoms with E-state index in [-0.39, 0.29) is 6.10 Å². The molecule has 0 aromatic heterocycles. The molecular formula is C15H28N2O. The number of nitrogens with one attached hydrogen (secondary N) is 1. The third-order valence-corrected chi connectivity index (χ3v) is 5.15. The van der Waals surface area contributed by atoms with Gasteiger partial charge in [-0.1, -0.05) is 0 Å². The van der Waals surface area contributed by atoms with Crippen molar-refractivity contribution in [3.8, 4) is 0 Å². The van der Waals surface area contributed by atoms with Crippen molar-refractivity contribution >= 4 is 0 Å². The predicted octanol–water partition coefficient (Wildman–Crippen LogP) is 1.75. The van der Waals surface area contributed by atoms with Gasteiger partial charge in [-0.25, -0.2) is 0 Å². The average molecular weight is 252 g/mol. The molecule has 0 bridgehead atoms. The zero-order valence-corrected chi connectivity index (χ0v) is 11.6. The van der Waals surface area contributed by atoms with Gasteiger partial charge in [0, 0.05) is 24.7 Å². The number of aliphatic hydroxyl groups excluding tert-OH is 1. The van der Waals surface area contributed by atoms with Crippen LogP contribution in [0.3, 0.4) is 0 Å². The maximum absolute atomic E-state index is 9.52. The first-order valence-electron chi connectivity index (χ1n) is 7.89. The molecule has 3 heteroatoms. The number of aliphatic hydroxyl groups is 1. The zero-order valence-electron chi connectivity index (χ0n) is 11.6. The van der Waals surface area contributed by atoms with Gasteiger partial charge >= 0.3 is 0 Å². The van der Waals surface area contributed by atoms with E-state index in [2.05, 4.69) is 17.1 Å².